The van der Waals surface area contributed by atoms with Crippen LogP contribution in [0.2, 0.25) is 5.02 Å². The number of benzene rings is 3. The summed E-state index contributed by atoms with van der Waals surface area (Å²) in [4.78, 5) is 27.4. The standard InChI is InChI=1S/C25H25ClN2O3/c1-18(29)28(17-20-8-12-22(26)13-9-20)24(21-6-4-3-5-7-21)25(30)27-16-19-10-14-23(31-2)15-11-19/h3-15,24H,16-17H2,1-2H3,(H,27,30). The summed E-state index contributed by atoms with van der Waals surface area (Å²) in [6.07, 6.45) is 0. The van der Waals surface area contributed by atoms with Crippen LogP contribution in [0.25, 0.3) is 0 Å². The lowest BCUT2D eigenvalue weighted by atomic mass is 10.0. The van der Waals surface area contributed by atoms with Gasteiger partial charge < -0.3 is 15.0 Å². The molecule has 0 spiro atoms. The number of carbonyl (C=O) groups excluding carboxylic acids is 2. The Bertz CT molecular complexity index is 1010. The molecule has 6 heteroatoms. The number of hydrogen-bond acceptors (Lipinski definition) is 3. The molecular formula is C25H25ClN2O3. The van der Waals surface area contributed by atoms with Crippen molar-refractivity contribution < 1.29 is 14.3 Å². The lowest BCUT2D eigenvalue weighted by Gasteiger charge is -2.30. The third kappa shape index (κ3) is 6.09. The van der Waals surface area contributed by atoms with Crippen LogP contribution in [0.3, 0.4) is 0 Å². The van der Waals surface area contributed by atoms with E-state index in [1.165, 1.54) is 6.92 Å². The van der Waals surface area contributed by atoms with Gasteiger partial charge in [0.1, 0.15) is 11.8 Å². The van der Waals surface area contributed by atoms with Crippen LogP contribution in [0.5, 0.6) is 5.75 Å². The Kier molecular flexibility index (Phi) is 7.68. The molecule has 0 aliphatic rings. The normalized spacial score (nSPS) is 11.5. The Morgan fingerprint density at radius 2 is 1.55 bits per heavy atom. The number of nitrogens with one attached hydrogen (secondary N) is 1. The lowest BCUT2D eigenvalue weighted by molar-refractivity contribution is -0.140. The molecule has 0 radical (unpaired) electrons. The van der Waals surface area contributed by atoms with Crippen LogP contribution >= 0.6 is 11.6 Å². The van der Waals surface area contributed by atoms with Crippen molar-refractivity contribution in [2.45, 2.75) is 26.1 Å². The first kappa shape index (κ1) is 22.4. The molecule has 2 amide bonds. The fourth-order valence-corrected chi connectivity index (χ4v) is 3.43. The van der Waals surface area contributed by atoms with E-state index >= 15 is 0 Å². The molecular weight excluding hydrogens is 412 g/mol. The van der Waals surface area contributed by atoms with Crippen LogP contribution in [-0.2, 0) is 22.7 Å². The predicted molar refractivity (Wildman–Crippen MR) is 122 cm³/mol. The summed E-state index contributed by atoms with van der Waals surface area (Å²) in [6, 6.07) is 23.3. The first-order valence-corrected chi connectivity index (χ1v) is 10.3. The first-order chi connectivity index (χ1) is 15.0. The molecule has 3 aromatic rings. The molecule has 0 bridgehead atoms. The van der Waals surface area contributed by atoms with Crippen molar-refractivity contribution in [1.82, 2.24) is 10.2 Å². The second-order valence-corrected chi connectivity index (χ2v) is 7.59. The molecule has 0 heterocycles. The fourth-order valence-electron chi connectivity index (χ4n) is 3.31. The Morgan fingerprint density at radius 3 is 2.13 bits per heavy atom. The highest BCUT2D eigenvalue weighted by Gasteiger charge is 2.29. The Labute approximate surface area is 187 Å². The van der Waals surface area contributed by atoms with E-state index in [1.807, 2.05) is 66.7 Å². The number of halogens is 1. The number of carbonyl (C=O) groups is 2. The molecule has 31 heavy (non-hydrogen) atoms. The summed E-state index contributed by atoms with van der Waals surface area (Å²) in [6.45, 7) is 2.11. The van der Waals surface area contributed by atoms with Gasteiger partial charge >= 0.3 is 0 Å². The molecule has 160 valence electrons. The van der Waals surface area contributed by atoms with E-state index in [0.717, 1.165) is 22.4 Å². The Balaban J connectivity index is 1.83. The number of nitrogens with zero attached hydrogens (tertiary/aromatic N) is 1. The fraction of sp³-hybridized carbons (Fsp3) is 0.200. The number of ether oxygens (including phenoxy) is 1. The molecule has 5 nitrogen and oxygen atoms in total. The lowest BCUT2D eigenvalue weighted by Crippen LogP contribution is -2.42. The predicted octanol–water partition coefficient (Wildman–Crippen LogP) is 4.75. The maximum absolute atomic E-state index is 13.3. The third-order valence-corrected chi connectivity index (χ3v) is 5.22. The minimum atomic E-state index is -0.757. The summed E-state index contributed by atoms with van der Waals surface area (Å²) < 4.78 is 5.17. The van der Waals surface area contributed by atoms with Crippen molar-refractivity contribution in [3.8, 4) is 5.75 Å². The van der Waals surface area contributed by atoms with Gasteiger partial charge in [-0.15, -0.1) is 0 Å². The molecule has 1 N–H and O–H groups in total. The number of rotatable bonds is 8. The van der Waals surface area contributed by atoms with Gasteiger partial charge in [0.25, 0.3) is 0 Å². The van der Waals surface area contributed by atoms with Gasteiger partial charge in [-0.05, 0) is 41.0 Å². The number of hydrogen-bond donors (Lipinski definition) is 1. The van der Waals surface area contributed by atoms with Crippen molar-refractivity contribution in [1.29, 1.82) is 0 Å². The second kappa shape index (κ2) is 10.6. The minimum absolute atomic E-state index is 0.191. The SMILES string of the molecule is COc1ccc(CNC(=O)C(c2ccccc2)N(Cc2ccc(Cl)cc2)C(C)=O)cc1. The van der Waals surface area contributed by atoms with Gasteiger partial charge in [-0.1, -0.05) is 66.2 Å². The van der Waals surface area contributed by atoms with Crippen LogP contribution in [0.4, 0.5) is 0 Å². The van der Waals surface area contributed by atoms with E-state index in [1.54, 1.807) is 24.1 Å². The zero-order valence-electron chi connectivity index (χ0n) is 17.5. The average molecular weight is 437 g/mol. The Morgan fingerprint density at radius 1 is 0.935 bits per heavy atom. The summed E-state index contributed by atoms with van der Waals surface area (Å²) in [5, 5.41) is 3.59. The zero-order valence-corrected chi connectivity index (χ0v) is 18.3. The van der Waals surface area contributed by atoms with Crippen LogP contribution < -0.4 is 10.1 Å². The van der Waals surface area contributed by atoms with Crippen molar-refractivity contribution in [2.75, 3.05) is 7.11 Å². The van der Waals surface area contributed by atoms with Gasteiger partial charge in [0.15, 0.2) is 0 Å². The summed E-state index contributed by atoms with van der Waals surface area (Å²) in [7, 11) is 1.61. The van der Waals surface area contributed by atoms with Gasteiger partial charge in [-0.25, -0.2) is 0 Å². The third-order valence-electron chi connectivity index (χ3n) is 4.97. The van der Waals surface area contributed by atoms with Crippen molar-refractivity contribution in [3.63, 3.8) is 0 Å². The highest BCUT2D eigenvalue weighted by atomic mass is 35.5. The molecule has 0 aliphatic heterocycles. The van der Waals surface area contributed by atoms with Gasteiger partial charge in [-0.2, -0.15) is 0 Å². The summed E-state index contributed by atoms with van der Waals surface area (Å²) >= 11 is 5.99. The maximum Gasteiger partial charge on any atom is 0.247 e. The van der Waals surface area contributed by atoms with Crippen molar-refractivity contribution >= 4 is 23.4 Å². The van der Waals surface area contributed by atoms with Crippen LogP contribution in [0, 0.1) is 0 Å². The van der Waals surface area contributed by atoms with Gasteiger partial charge in [0.2, 0.25) is 11.8 Å². The second-order valence-electron chi connectivity index (χ2n) is 7.15. The van der Waals surface area contributed by atoms with Crippen molar-refractivity contribution in [2.24, 2.45) is 0 Å². The maximum atomic E-state index is 13.3. The molecule has 1 unspecified atom stereocenters. The van der Waals surface area contributed by atoms with E-state index in [4.69, 9.17) is 16.3 Å². The first-order valence-electron chi connectivity index (χ1n) is 9.95. The molecule has 0 fully saturated rings. The zero-order chi connectivity index (χ0) is 22.2. The topological polar surface area (TPSA) is 58.6 Å². The van der Waals surface area contributed by atoms with Crippen LogP contribution in [-0.4, -0.2) is 23.8 Å². The van der Waals surface area contributed by atoms with E-state index < -0.39 is 6.04 Å². The van der Waals surface area contributed by atoms with E-state index in [0.29, 0.717) is 18.1 Å². The quantitative estimate of drug-likeness (QED) is 0.554. The Hall–Kier alpha value is -3.31. The molecule has 3 rings (SSSR count). The molecule has 3 aromatic carbocycles. The van der Waals surface area contributed by atoms with Gasteiger partial charge in [0, 0.05) is 25.0 Å². The van der Waals surface area contributed by atoms with E-state index in [9.17, 15) is 9.59 Å². The summed E-state index contributed by atoms with van der Waals surface area (Å²) in [5.74, 6) is 0.317. The molecule has 0 aromatic heterocycles. The van der Waals surface area contributed by atoms with Crippen molar-refractivity contribution in [3.05, 3.63) is 101 Å². The molecule has 0 aliphatic carbocycles. The van der Waals surface area contributed by atoms with Gasteiger partial charge in [0.05, 0.1) is 7.11 Å². The van der Waals surface area contributed by atoms with E-state index in [-0.39, 0.29) is 11.8 Å². The summed E-state index contributed by atoms with van der Waals surface area (Å²) in [5.41, 5.74) is 2.58. The highest BCUT2D eigenvalue weighted by molar-refractivity contribution is 6.30. The van der Waals surface area contributed by atoms with Crippen LogP contribution in [0.1, 0.15) is 29.7 Å². The van der Waals surface area contributed by atoms with Gasteiger partial charge in [-0.3, -0.25) is 9.59 Å². The largest absolute Gasteiger partial charge is 0.497 e. The van der Waals surface area contributed by atoms with E-state index in [2.05, 4.69) is 5.32 Å². The average Bonchev–Trinajstić information content (AvgIpc) is 2.79. The van der Waals surface area contributed by atoms with Crippen LogP contribution in [0.15, 0.2) is 78.9 Å². The smallest absolute Gasteiger partial charge is 0.247 e. The minimum Gasteiger partial charge on any atom is -0.497 e. The molecule has 0 saturated heterocycles. The molecule has 0 saturated carbocycles. The monoisotopic (exact) mass is 436 g/mol. The molecule has 1 atom stereocenters. The number of methoxy groups -OCH3 is 1. The number of amides is 2. The highest BCUT2D eigenvalue weighted by Crippen LogP contribution is 2.24.